The molecule has 1 N–H and O–H groups in total. The normalized spacial score (nSPS) is 18.7. The molecule has 0 spiro atoms. The third-order valence-corrected chi connectivity index (χ3v) is 3.33. The first kappa shape index (κ1) is 11.5. The van der Waals surface area contributed by atoms with Crippen molar-refractivity contribution >= 4 is 0 Å². The molecule has 0 heterocycles. The van der Waals surface area contributed by atoms with Gasteiger partial charge >= 0.3 is 0 Å². The maximum Gasteiger partial charge on any atom is 0.132 e. The standard InChI is InChI=1S/C14H20O2/c1-11-7-12(2)9-13(8-11)16-14(10-15)5-3-4-6-14/h7-9,15H,3-6,10H2,1-2H3. The molecule has 16 heavy (non-hydrogen) atoms. The minimum atomic E-state index is -0.319. The van der Waals surface area contributed by atoms with Gasteiger partial charge in [0.15, 0.2) is 0 Å². The number of rotatable bonds is 3. The SMILES string of the molecule is Cc1cc(C)cc(OC2(CO)CCCC2)c1. The molecule has 2 nitrogen and oxygen atoms in total. The van der Waals surface area contributed by atoms with E-state index in [2.05, 4.69) is 19.9 Å². The maximum atomic E-state index is 9.49. The van der Waals surface area contributed by atoms with Crippen molar-refractivity contribution in [1.82, 2.24) is 0 Å². The minimum absolute atomic E-state index is 0.125. The minimum Gasteiger partial charge on any atom is -0.485 e. The molecule has 1 aromatic carbocycles. The first-order chi connectivity index (χ1) is 7.63. The zero-order chi connectivity index (χ0) is 11.6. The van der Waals surface area contributed by atoms with Crippen molar-refractivity contribution in [3.63, 3.8) is 0 Å². The second-order valence-corrected chi connectivity index (χ2v) is 4.97. The van der Waals surface area contributed by atoms with Crippen LogP contribution in [0.15, 0.2) is 18.2 Å². The monoisotopic (exact) mass is 220 g/mol. The number of ether oxygens (including phenoxy) is 1. The van der Waals surface area contributed by atoms with Gasteiger partial charge in [-0.05, 0) is 62.8 Å². The van der Waals surface area contributed by atoms with Crippen molar-refractivity contribution in [3.8, 4) is 5.75 Å². The lowest BCUT2D eigenvalue weighted by molar-refractivity contribution is 0.0151. The lowest BCUT2D eigenvalue weighted by atomic mass is 10.0. The summed E-state index contributed by atoms with van der Waals surface area (Å²) in [5, 5.41) is 9.49. The molecule has 1 aliphatic carbocycles. The van der Waals surface area contributed by atoms with Crippen molar-refractivity contribution in [2.24, 2.45) is 0 Å². The van der Waals surface area contributed by atoms with Gasteiger partial charge in [-0.1, -0.05) is 6.07 Å². The van der Waals surface area contributed by atoms with E-state index in [9.17, 15) is 5.11 Å². The smallest absolute Gasteiger partial charge is 0.132 e. The second kappa shape index (κ2) is 4.46. The molecule has 0 amide bonds. The summed E-state index contributed by atoms with van der Waals surface area (Å²) in [6.45, 7) is 4.26. The number of aryl methyl sites for hydroxylation is 2. The Hall–Kier alpha value is -1.02. The van der Waals surface area contributed by atoms with Crippen LogP contribution in [0.1, 0.15) is 36.8 Å². The molecular formula is C14H20O2. The molecular weight excluding hydrogens is 200 g/mol. The Morgan fingerprint density at radius 2 is 1.69 bits per heavy atom. The van der Waals surface area contributed by atoms with Crippen LogP contribution in [-0.4, -0.2) is 17.3 Å². The van der Waals surface area contributed by atoms with E-state index < -0.39 is 0 Å². The Morgan fingerprint density at radius 3 is 2.19 bits per heavy atom. The van der Waals surface area contributed by atoms with E-state index in [1.807, 2.05) is 12.1 Å². The van der Waals surface area contributed by atoms with Crippen molar-refractivity contribution < 1.29 is 9.84 Å². The predicted octanol–water partition coefficient (Wildman–Crippen LogP) is 2.99. The van der Waals surface area contributed by atoms with Crippen LogP contribution in [0.4, 0.5) is 0 Å². The van der Waals surface area contributed by atoms with Crippen LogP contribution in [0, 0.1) is 13.8 Å². The maximum absolute atomic E-state index is 9.49. The van der Waals surface area contributed by atoms with Gasteiger partial charge in [-0.15, -0.1) is 0 Å². The Labute approximate surface area is 97.3 Å². The molecule has 0 bridgehead atoms. The summed E-state index contributed by atoms with van der Waals surface area (Å²) in [6, 6.07) is 6.22. The third-order valence-electron chi connectivity index (χ3n) is 3.33. The van der Waals surface area contributed by atoms with Crippen LogP contribution in [0.3, 0.4) is 0 Å². The van der Waals surface area contributed by atoms with E-state index in [0.29, 0.717) is 0 Å². The van der Waals surface area contributed by atoms with Crippen LogP contribution >= 0.6 is 0 Å². The lowest BCUT2D eigenvalue weighted by Crippen LogP contribution is -2.36. The molecule has 0 aliphatic heterocycles. The highest BCUT2D eigenvalue weighted by molar-refractivity contribution is 5.33. The van der Waals surface area contributed by atoms with Crippen molar-refractivity contribution in [3.05, 3.63) is 29.3 Å². The average Bonchev–Trinajstić information content (AvgIpc) is 2.65. The Bertz CT molecular complexity index is 345. The third kappa shape index (κ3) is 2.38. The van der Waals surface area contributed by atoms with Gasteiger partial charge in [0.2, 0.25) is 0 Å². The van der Waals surface area contributed by atoms with Gasteiger partial charge in [0.1, 0.15) is 11.4 Å². The van der Waals surface area contributed by atoms with Gasteiger partial charge in [-0.3, -0.25) is 0 Å². The topological polar surface area (TPSA) is 29.5 Å². The molecule has 2 rings (SSSR count). The number of benzene rings is 1. The fourth-order valence-electron chi connectivity index (χ4n) is 2.55. The highest BCUT2D eigenvalue weighted by Gasteiger charge is 2.35. The van der Waals surface area contributed by atoms with Gasteiger partial charge in [-0.25, -0.2) is 0 Å². The summed E-state index contributed by atoms with van der Waals surface area (Å²) >= 11 is 0. The molecule has 88 valence electrons. The zero-order valence-electron chi connectivity index (χ0n) is 10.1. The van der Waals surface area contributed by atoms with Gasteiger partial charge in [-0.2, -0.15) is 0 Å². The molecule has 0 radical (unpaired) electrons. The van der Waals surface area contributed by atoms with Crippen molar-refractivity contribution in [2.45, 2.75) is 45.1 Å². The molecule has 0 aromatic heterocycles. The van der Waals surface area contributed by atoms with E-state index in [-0.39, 0.29) is 12.2 Å². The van der Waals surface area contributed by atoms with E-state index in [0.717, 1.165) is 31.4 Å². The highest BCUT2D eigenvalue weighted by atomic mass is 16.5. The quantitative estimate of drug-likeness (QED) is 0.848. The summed E-state index contributed by atoms with van der Waals surface area (Å²) in [6.07, 6.45) is 4.25. The first-order valence-corrected chi connectivity index (χ1v) is 6.02. The van der Waals surface area contributed by atoms with E-state index in [4.69, 9.17) is 4.74 Å². The van der Waals surface area contributed by atoms with E-state index >= 15 is 0 Å². The fourth-order valence-corrected chi connectivity index (χ4v) is 2.55. The molecule has 1 aliphatic rings. The van der Waals surface area contributed by atoms with E-state index in [1.165, 1.54) is 11.1 Å². The van der Waals surface area contributed by atoms with Crippen LogP contribution < -0.4 is 4.74 Å². The van der Waals surface area contributed by atoms with Crippen LogP contribution in [0.5, 0.6) is 5.75 Å². The second-order valence-electron chi connectivity index (χ2n) is 4.97. The molecule has 1 aromatic rings. The van der Waals surface area contributed by atoms with Crippen molar-refractivity contribution in [1.29, 1.82) is 0 Å². The Morgan fingerprint density at radius 1 is 1.12 bits per heavy atom. The number of hydrogen-bond acceptors (Lipinski definition) is 2. The van der Waals surface area contributed by atoms with Crippen LogP contribution in [-0.2, 0) is 0 Å². The fraction of sp³-hybridized carbons (Fsp3) is 0.571. The largest absolute Gasteiger partial charge is 0.485 e. The Balaban J connectivity index is 2.18. The van der Waals surface area contributed by atoms with Gasteiger partial charge in [0.25, 0.3) is 0 Å². The first-order valence-electron chi connectivity index (χ1n) is 6.02. The summed E-state index contributed by atoms with van der Waals surface area (Å²) in [4.78, 5) is 0. The molecule has 0 unspecified atom stereocenters. The summed E-state index contributed by atoms with van der Waals surface area (Å²) in [7, 11) is 0. The van der Waals surface area contributed by atoms with Crippen LogP contribution in [0.25, 0.3) is 0 Å². The summed E-state index contributed by atoms with van der Waals surface area (Å²) < 4.78 is 6.02. The number of hydrogen-bond donors (Lipinski definition) is 1. The number of aliphatic hydroxyl groups excluding tert-OH is 1. The average molecular weight is 220 g/mol. The molecule has 0 atom stereocenters. The summed E-state index contributed by atoms with van der Waals surface area (Å²) in [5.74, 6) is 0.897. The highest BCUT2D eigenvalue weighted by Crippen LogP contribution is 2.34. The van der Waals surface area contributed by atoms with Crippen LogP contribution in [0.2, 0.25) is 0 Å². The molecule has 2 heteroatoms. The van der Waals surface area contributed by atoms with E-state index in [1.54, 1.807) is 0 Å². The number of aliphatic hydroxyl groups is 1. The predicted molar refractivity (Wildman–Crippen MR) is 64.8 cm³/mol. The lowest BCUT2D eigenvalue weighted by Gasteiger charge is -2.28. The Kier molecular flexibility index (Phi) is 3.20. The summed E-state index contributed by atoms with van der Waals surface area (Å²) in [5.41, 5.74) is 2.10. The molecule has 0 saturated heterocycles. The van der Waals surface area contributed by atoms with Gasteiger partial charge < -0.3 is 9.84 Å². The van der Waals surface area contributed by atoms with Gasteiger partial charge in [0.05, 0.1) is 6.61 Å². The van der Waals surface area contributed by atoms with Crippen molar-refractivity contribution in [2.75, 3.05) is 6.61 Å². The molecule has 1 fully saturated rings. The van der Waals surface area contributed by atoms with Gasteiger partial charge in [0, 0.05) is 0 Å². The molecule has 1 saturated carbocycles. The zero-order valence-corrected chi connectivity index (χ0v) is 10.1.